The van der Waals surface area contributed by atoms with E-state index in [9.17, 15) is 14.3 Å². The van der Waals surface area contributed by atoms with E-state index in [2.05, 4.69) is 16.9 Å². The van der Waals surface area contributed by atoms with Gasteiger partial charge in [0.05, 0.1) is 6.04 Å². The van der Waals surface area contributed by atoms with Crippen molar-refractivity contribution in [2.45, 2.75) is 38.6 Å². The number of amides is 1. The molecule has 8 heteroatoms. The molecule has 1 aromatic rings. The lowest BCUT2D eigenvalue weighted by molar-refractivity contribution is 0.0707. The maximum atomic E-state index is 12.9. The van der Waals surface area contributed by atoms with Crippen LogP contribution in [0.15, 0.2) is 35.5 Å². The van der Waals surface area contributed by atoms with Gasteiger partial charge in [0.1, 0.15) is 12.9 Å². The number of nitrogens with one attached hydrogen (secondary N) is 1. The average Bonchev–Trinajstić information content (AvgIpc) is 2.99. The van der Waals surface area contributed by atoms with Crippen molar-refractivity contribution >= 4 is 17.5 Å². The fourth-order valence-electron chi connectivity index (χ4n) is 3.18. The first-order valence-electron chi connectivity index (χ1n) is 8.82. The Morgan fingerprint density at radius 3 is 2.96 bits per heavy atom. The van der Waals surface area contributed by atoms with Crippen molar-refractivity contribution in [2.24, 2.45) is 0 Å². The van der Waals surface area contributed by atoms with Crippen LogP contribution < -0.4 is 5.32 Å². The molecule has 1 aliphatic heterocycles. The molecule has 0 fully saturated rings. The lowest BCUT2D eigenvalue weighted by Crippen LogP contribution is -2.43. The number of rotatable bonds is 10. The van der Waals surface area contributed by atoms with E-state index in [0.717, 1.165) is 11.3 Å². The van der Waals surface area contributed by atoms with E-state index in [1.54, 1.807) is 24.1 Å². The quantitative estimate of drug-likeness (QED) is 0.415. The molecule has 1 aliphatic rings. The molecule has 0 bridgehead atoms. The van der Waals surface area contributed by atoms with Crippen LogP contribution in [-0.2, 0) is 13.0 Å². The molecule has 2 atom stereocenters. The Bertz CT molecular complexity index is 726. The average molecular weight is 398 g/mol. The van der Waals surface area contributed by atoms with Crippen molar-refractivity contribution in [2.75, 3.05) is 19.8 Å². The van der Waals surface area contributed by atoms with Crippen LogP contribution in [0.4, 0.5) is 4.39 Å². The van der Waals surface area contributed by atoms with Crippen LogP contribution in [0, 0.1) is 0 Å². The van der Waals surface area contributed by atoms with Gasteiger partial charge in [-0.3, -0.25) is 15.1 Å². The topological polar surface area (TPSA) is 85.7 Å². The van der Waals surface area contributed by atoms with E-state index < -0.39 is 18.9 Å². The Morgan fingerprint density at radius 1 is 1.59 bits per heavy atom. The standard InChI is InChI=1S/C19H25ClFN3O3/c1-12(20)10-15(18(26)23-8-6-21)13(2)24-11-16-14(19(24)27)5-7-22-17(16)4-3-9-25/h5,7,10,13,18,23,25-26H,1,3-4,6,8-9,11H2,2H3/b15-10-. The SMILES string of the molecule is C=C(Cl)/C=C(\C(O)NCCF)C(C)N1Cc2c(ccnc2CCCO)C1=O. The Kier molecular flexibility index (Phi) is 7.91. The Morgan fingerprint density at radius 2 is 2.33 bits per heavy atom. The van der Waals surface area contributed by atoms with E-state index in [1.807, 2.05) is 0 Å². The smallest absolute Gasteiger partial charge is 0.255 e. The number of aryl methyl sites for hydroxylation is 1. The fraction of sp³-hybridized carbons (Fsp3) is 0.474. The molecule has 6 nitrogen and oxygen atoms in total. The van der Waals surface area contributed by atoms with E-state index in [1.165, 1.54) is 6.08 Å². The highest BCUT2D eigenvalue weighted by atomic mass is 35.5. The van der Waals surface area contributed by atoms with Gasteiger partial charge in [-0.2, -0.15) is 0 Å². The van der Waals surface area contributed by atoms with E-state index in [0.29, 0.717) is 30.5 Å². The number of alkyl halides is 1. The second-order valence-corrected chi connectivity index (χ2v) is 6.84. The first kappa shape index (κ1) is 21.5. The van der Waals surface area contributed by atoms with Crippen LogP contribution >= 0.6 is 11.6 Å². The maximum absolute atomic E-state index is 12.9. The second kappa shape index (κ2) is 9.94. The minimum absolute atomic E-state index is 0.0244. The summed E-state index contributed by atoms with van der Waals surface area (Å²) in [6.45, 7) is 5.12. The molecule has 0 aliphatic carbocycles. The number of pyridine rings is 1. The summed E-state index contributed by atoms with van der Waals surface area (Å²) in [7, 11) is 0. The molecule has 0 saturated carbocycles. The zero-order valence-electron chi connectivity index (χ0n) is 15.3. The molecular formula is C19H25ClFN3O3. The number of nitrogens with zero attached hydrogens (tertiary/aromatic N) is 2. The van der Waals surface area contributed by atoms with Gasteiger partial charge in [-0.15, -0.1) is 0 Å². The molecule has 27 heavy (non-hydrogen) atoms. The highest BCUT2D eigenvalue weighted by Gasteiger charge is 2.35. The van der Waals surface area contributed by atoms with Crippen molar-refractivity contribution in [1.82, 2.24) is 15.2 Å². The van der Waals surface area contributed by atoms with Gasteiger partial charge in [-0.05, 0) is 37.5 Å². The number of hydrogen-bond donors (Lipinski definition) is 3. The number of carbonyl (C=O) groups excluding carboxylic acids is 1. The summed E-state index contributed by atoms with van der Waals surface area (Å²) in [6.07, 6.45) is 3.07. The lowest BCUT2D eigenvalue weighted by atomic mass is 10.0. The van der Waals surface area contributed by atoms with Gasteiger partial charge in [0.25, 0.3) is 5.91 Å². The molecule has 0 radical (unpaired) electrons. The monoisotopic (exact) mass is 397 g/mol. The Hall–Kier alpha value is -1.80. The number of allylic oxidation sites excluding steroid dienone is 2. The summed E-state index contributed by atoms with van der Waals surface area (Å²) >= 11 is 5.89. The van der Waals surface area contributed by atoms with Crippen LogP contribution in [-0.4, -0.2) is 58.1 Å². The van der Waals surface area contributed by atoms with Gasteiger partial charge in [-0.25, -0.2) is 4.39 Å². The number of aliphatic hydroxyl groups is 2. The molecule has 1 amide bonds. The normalized spacial score (nSPS) is 16.4. The zero-order chi connectivity index (χ0) is 20.0. The highest BCUT2D eigenvalue weighted by Crippen LogP contribution is 2.30. The maximum Gasteiger partial charge on any atom is 0.255 e. The molecule has 2 heterocycles. The number of aliphatic hydroxyl groups excluding tert-OH is 2. The summed E-state index contributed by atoms with van der Waals surface area (Å²) in [5, 5.41) is 22.3. The molecule has 2 unspecified atom stereocenters. The van der Waals surface area contributed by atoms with E-state index in [-0.39, 0.29) is 24.1 Å². The zero-order valence-corrected chi connectivity index (χ0v) is 16.0. The third-order valence-corrected chi connectivity index (χ3v) is 4.67. The molecular weight excluding hydrogens is 373 g/mol. The third-order valence-electron chi connectivity index (χ3n) is 4.56. The van der Waals surface area contributed by atoms with Gasteiger partial charge in [0.2, 0.25) is 0 Å². The number of halogens is 2. The minimum atomic E-state index is -1.16. The minimum Gasteiger partial charge on any atom is -0.396 e. The third kappa shape index (κ3) is 5.13. The fourth-order valence-corrected chi connectivity index (χ4v) is 3.31. The van der Waals surface area contributed by atoms with Gasteiger partial charge < -0.3 is 15.1 Å². The summed E-state index contributed by atoms with van der Waals surface area (Å²) in [5.41, 5.74) is 2.61. The molecule has 2 rings (SSSR count). The van der Waals surface area contributed by atoms with E-state index >= 15 is 0 Å². The van der Waals surface area contributed by atoms with E-state index in [4.69, 9.17) is 16.7 Å². The van der Waals surface area contributed by atoms with Crippen molar-refractivity contribution in [3.05, 3.63) is 52.3 Å². The van der Waals surface area contributed by atoms with Crippen LogP contribution in [0.1, 0.15) is 35.0 Å². The molecule has 0 aromatic carbocycles. The summed E-state index contributed by atoms with van der Waals surface area (Å²) in [6, 6.07) is 1.18. The largest absolute Gasteiger partial charge is 0.396 e. The van der Waals surface area contributed by atoms with Gasteiger partial charge in [-0.1, -0.05) is 18.2 Å². The molecule has 0 saturated heterocycles. The molecule has 3 N–H and O–H groups in total. The van der Waals surface area contributed by atoms with Crippen LogP contribution in [0.2, 0.25) is 0 Å². The predicted molar refractivity (Wildman–Crippen MR) is 102 cm³/mol. The number of hydrogen-bond acceptors (Lipinski definition) is 5. The number of carbonyl (C=O) groups is 1. The Labute approximate surface area is 163 Å². The van der Waals surface area contributed by atoms with Crippen LogP contribution in [0.5, 0.6) is 0 Å². The van der Waals surface area contributed by atoms with Crippen molar-refractivity contribution in [1.29, 1.82) is 0 Å². The van der Waals surface area contributed by atoms with Crippen molar-refractivity contribution < 1.29 is 19.4 Å². The lowest BCUT2D eigenvalue weighted by Gasteiger charge is -2.30. The van der Waals surface area contributed by atoms with Gasteiger partial charge >= 0.3 is 0 Å². The molecule has 0 spiro atoms. The van der Waals surface area contributed by atoms with Crippen molar-refractivity contribution in [3.63, 3.8) is 0 Å². The Balaban J connectivity index is 2.28. The van der Waals surface area contributed by atoms with Gasteiger partial charge in [0.15, 0.2) is 0 Å². The summed E-state index contributed by atoms with van der Waals surface area (Å²) in [5.74, 6) is -0.172. The predicted octanol–water partition coefficient (Wildman–Crippen LogP) is 1.91. The molecule has 148 valence electrons. The highest BCUT2D eigenvalue weighted by molar-refractivity contribution is 6.30. The van der Waals surface area contributed by atoms with Crippen LogP contribution in [0.3, 0.4) is 0 Å². The number of fused-ring (bicyclic) bond motifs is 1. The first-order valence-corrected chi connectivity index (χ1v) is 9.20. The first-order chi connectivity index (χ1) is 12.9. The van der Waals surface area contributed by atoms with Crippen LogP contribution in [0.25, 0.3) is 0 Å². The second-order valence-electron chi connectivity index (χ2n) is 6.36. The van der Waals surface area contributed by atoms with Gasteiger partial charge in [0, 0.05) is 47.7 Å². The van der Waals surface area contributed by atoms with Crippen molar-refractivity contribution in [3.8, 4) is 0 Å². The molecule has 1 aromatic heterocycles. The summed E-state index contributed by atoms with van der Waals surface area (Å²) < 4.78 is 12.4. The number of aromatic nitrogens is 1. The summed E-state index contributed by atoms with van der Waals surface area (Å²) in [4.78, 5) is 18.8.